The fourth-order valence-corrected chi connectivity index (χ4v) is 4.99. The van der Waals surface area contributed by atoms with Crippen molar-refractivity contribution >= 4 is 17.4 Å². The summed E-state index contributed by atoms with van der Waals surface area (Å²) < 4.78 is 43.4. The van der Waals surface area contributed by atoms with E-state index in [2.05, 4.69) is 25.0 Å². The second kappa shape index (κ2) is 8.07. The summed E-state index contributed by atoms with van der Waals surface area (Å²) in [5.41, 5.74) is 0.939. The van der Waals surface area contributed by atoms with Crippen LogP contribution in [0.4, 0.5) is 10.2 Å². The van der Waals surface area contributed by atoms with E-state index in [1.807, 2.05) is 13.0 Å². The quantitative estimate of drug-likeness (QED) is 0.586. The predicted octanol–water partition coefficient (Wildman–Crippen LogP) is 4.20. The summed E-state index contributed by atoms with van der Waals surface area (Å²) >= 11 is 5.83. The van der Waals surface area contributed by atoms with E-state index in [-0.39, 0.29) is 16.8 Å². The van der Waals surface area contributed by atoms with Crippen molar-refractivity contribution in [3.05, 3.63) is 53.0 Å². The Morgan fingerprint density at radius 1 is 1.23 bits per heavy atom. The molecule has 0 spiro atoms. The number of anilines is 1. The Bertz CT molecular complexity index is 1190. The molecule has 0 N–H and O–H groups in total. The molecule has 0 radical (unpaired) electrons. The van der Waals surface area contributed by atoms with Crippen LogP contribution in [0.3, 0.4) is 0 Å². The molecule has 1 aromatic carbocycles. The van der Waals surface area contributed by atoms with Gasteiger partial charge in [0.05, 0.1) is 5.02 Å². The number of fused-ring (bicyclic) bond motifs is 2. The van der Waals surface area contributed by atoms with Crippen molar-refractivity contribution in [1.82, 2.24) is 24.7 Å². The van der Waals surface area contributed by atoms with Gasteiger partial charge < -0.3 is 9.64 Å². The first kappa shape index (κ1) is 16.9. The van der Waals surface area contributed by atoms with Gasteiger partial charge in [-0.1, -0.05) is 11.6 Å². The lowest BCUT2D eigenvalue weighted by molar-refractivity contribution is 0.264. The molecule has 31 heavy (non-hydrogen) atoms. The molecule has 5 rings (SSSR count). The zero-order valence-electron chi connectivity index (χ0n) is 20.0. The molecular formula is C22H24ClFN6O. The summed E-state index contributed by atoms with van der Waals surface area (Å²) in [7, 11) is 0. The first-order chi connectivity index (χ1) is 16.2. The maximum Gasteiger partial charge on any atom is 0.320 e. The average molecular weight is 446 g/mol. The highest BCUT2D eigenvalue weighted by molar-refractivity contribution is 6.30. The minimum Gasteiger partial charge on any atom is -0.424 e. The number of piperidine rings is 1. The lowest BCUT2D eigenvalue weighted by Crippen LogP contribution is -2.43. The fraction of sp³-hybridized carbons (Fsp3) is 0.455. The molecule has 1 saturated carbocycles. The Morgan fingerprint density at radius 3 is 2.74 bits per heavy atom. The number of nitrogens with zero attached hydrogens (tertiary/aromatic N) is 6. The number of halogens is 2. The third kappa shape index (κ3) is 4.08. The SMILES string of the molecule is [2H]C([2H])([2H])n1nc(CC2[C@@H]3CC[C@H]2CN(c2cc(C)ncn2)C3)nc1Oc1ccc(F)c(Cl)c1. The molecule has 162 valence electrons. The molecule has 9 heteroatoms. The maximum atomic E-state index is 13.5. The maximum absolute atomic E-state index is 13.5. The summed E-state index contributed by atoms with van der Waals surface area (Å²) in [4.78, 5) is 15.3. The molecule has 7 nitrogen and oxygen atoms in total. The number of aromatic nitrogens is 5. The highest BCUT2D eigenvalue weighted by Crippen LogP contribution is 2.44. The zero-order valence-corrected chi connectivity index (χ0v) is 17.8. The van der Waals surface area contributed by atoms with E-state index < -0.39 is 12.8 Å². The van der Waals surface area contributed by atoms with Gasteiger partial charge in [0, 0.05) is 48.4 Å². The summed E-state index contributed by atoms with van der Waals surface area (Å²) in [5, 5.41) is 4.15. The van der Waals surface area contributed by atoms with Gasteiger partial charge in [0.15, 0.2) is 5.82 Å². The van der Waals surface area contributed by atoms with E-state index in [1.165, 1.54) is 12.1 Å². The topological polar surface area (TPSA) is 69.0 Å². The van der Waals surface area contributed by atoms with Crippen molar-refractivity contribution in [2.24, 2.45) is 24.7 Å². The molecular weight excluding hydrogens is 419 g/mol. The Hall–Kier alpha value is -2.74. The van der Waals surface area contributed by atoms with E-state index in [4.69, 9.17) is 20.5 Å². The molecule has 2 bridgehead atoms. The van der Waals surface area contributed by atoms with Crippen LogP contribution in [0.5, 0.6) is 11.8 Å². The van der Waals surface area contributed by atoms with Crippen LogP contribution in [-0.4, -0.2) is 37.8 Å². The molecule has 1 aliphatic heterocycles. The third-order valence-corrected chi connectivity index (χ3v) is 6.57. The Morgan fingerprint density at radius 2 is 2.03 bits per heavy atom. The first-order valence-electron chi connectivity index (χ1n) is 11.8. The number of hydrogen-bond acceptors (Lipinski definition) is 6. The monoisotopic (exact) mass is 445 g/mol. The third-order valence-electron chi connectivity index (χ3n) is 6.28. The number of hydrogen-bond donors (Lipinski definition) is 0. The Labute approximate surface area is 189 Å². The van der Waals surface area contributed by atoms with Gasteiger partial charge in [-0.15, -0.1) is 0 Å². The molecule has 3 atom stereocenters. The Balaban J connectivity index is 1.35. The van der Waals surface area contributed by atoms with Crippen molar-refractivity contribution in [2.75, 3.05) is 18.0 Å². The highest BCUT2D eigenvalue weighted by Gasteiger charge is 2.42. The van der Waals surface area contributed by atoms with E-state index in [0.717, 1.165) is 48.2 Å². The molecule has 0 amide bonds. The van der Waals surface area contributed by atoms with Crippen molar-refractivity contribution in [3.63, 3.8) is 0 Å². The molecule has 3 heterocycles. The van der Waals surface area contributed by atoms with Crippen LogP contribution in [0.2, 0.25) is 5.02 Å². The van der Waals surface area contributed by atoms with Gasteiger partial charge in [0.1, 0.15) is 23.7 Å². The molecule has 1 aliphatic carbocycles. The average Bonchev–Trinajstić information content (AvgIpc) is 3.27. The van der Waals surface area contributed by atoms with Gasteiger partial charge in [0.2, 0.25) is 0 Å². The second-order valence-electron chi connectivity index (χ2n) is 8.29. The summed E-state index contributed by atoms with van der Waals surface area (Å²) in [6.45, 7) is 1.15. The van der Waals surface area contributed by atoms with Gasteiger partial charge in [-0.25, -0.2) is 19.0 Å². The van der Waals surface area contributed by atoms with E-state index in [9.17, 15) is 4.39 Å². The van der Waals surface area contributed by atoms with E-state index in [0.29, 0.717) is 30.0 Å². The van der Waals surface area contributed by atoms with Crippen molar-refractivity contribution in [2.45, 2.75) is 26.2 Å². The summed E-state index contributed by atoms with van der Waals surface area (Å²) in [5.74, 6) is 2.19. The summed E-state index contributed by atoms with van der Waals surface area (Å²) in [6, 6.07) is 5.63. The number of aryl methyl sites for hydroxylation is 2. The second-order valence-corrected chi connectivity index (χ2v) is 8.70. The molecule has 2 aromatic heterocycles. The number of ether oxygens (including phenoxy) is 1. The number of rotatable bonds is 5. The first-order valence-corrected chi connectivity index (χ1v) is 10.7. The molecule has 2 aliphatic rings. The lowest BCUT2D eigenvalue weighted by atomic mass is 9.82. The molecule has 3 aromatic rings. The van der Waals surface area contributed by atoms with Crippen LogP contribution in [-0.2, 0) is 13.4 Å². The van der Waals surface area contributed by atoms with Gasteiger partial charge in [-0.2, -0.15) is 10.1 Å². The number of benzene rings is 1. The molecule has 1 saturated heterocycles. The summed E-state index contributed by atoms with van der Waals surface area (Å²) in [6.07, 6.45) is 4.37. The predicted molar refractivity (Wildman–Crippen MR) is 115 cm³/mol. The van der Waals surface area contributed by atoms with Crippen LogP contribution >= 0.6 is 11.6 Å². The van der Waals surface area contributed by atoms with Crippen LogP contribution in [0.15, 0.2) is 30.6 Å². The normalized spacial score (nSPS) is 24.5. The molecule has 1 unspecified atom stereocenters. The Kier molecular flexibility index (Phi) is 4.40. The lowest BCUT2D eigenvalue weighted by Gasteiger charge is -2.38. The van der Waals surface area contributed by atoms with Gasteiger partial charge in [-0.05, 0) is 49.7 Å². The van der Waals surface area contributed by atoms with Crippen LogP contribution in [0.25, 0.3) is 0 Å². The van der Waals surface area contributed by atoms with Crippen LogP contribution < -0.4 is 9.64 Å². The fourth-order valence-electron chi connectivity index (χ4n) is 4.82. The van der Waals surface area contributed by atoms with Crippen LogP contribution in [0, 0.1) is 30.5 Å². The van der Waals surface area contributed by atoms with Gasteiger partial charge >= 0.3 is 6.01 Å². The van der Waals surface area contributed by atoms with Crippen molar-refractivity contribution in [3.8, 4) is 11.8 Å². The van der Waals surface area contributed by atoms with Gasteiger partial charge in [0.25, 0.3) is 0 Å². The van der Waals surface area contributed by atoms with Crippen molar-refractivity contribution in [1.29, 1.82) is 0 Å². The minimum atomic E-state index is -2.57. The van der Waals surface area contributed by atoms with Crippen LogP contribution in [0.1, 0.15) is 28.5 Å². The standard InChI is InChI=1S/C22H24ClFN6O/c1-13-7-21(26-12-25-13)30-10-14-3-4-15(11-30)17(14)9-20-27-22(29(2)28-20)31-16-5-6-19(24)18(23)8-16/h5-8,12,14-15,17H,3-4,9-11H2,1-2H3/t14-,15+,17?/i2D3. The van der Waals surface area contributed by atoms with Gasteiger partial charge in [-0.3, -0.25) is 0 Å². The van der Waals surface area contributed by atoms with Crippen molar-refractivity contribution < 1.29 is 13.2 Å². The minimum absolute atomic E-state index is 0.125. The van der Waals surface area contributed by atoms with E-state index in [1.54, 1.807) is 6.33 Å². The molecule has 2 fully saturated rings. The van der Waals surface area contributed by atoms with E-state index >= 15 is 0 Å². The largest absolute Gasteiger partial charge is 0.424 e. The smallest absolute Gasteiger partial charge is 0.320 e. The highest BCUT2D eigenvalue weighted by atomic mass is 35.5. The zero-order chi connectivity index (χ0) is 24.0.